The minimum atomic E-state index is 0.474. The van der Waals surface area contributed by atoms with E-state index in [0.29, 0.717) is 11.3 Å². The van der Waals surface area contributed by atoms with E-state index >= 15 is 0 Å². The number of nitrogens with two attached hydrogens (primary N) is 1. The first kappa shape index (κ1) is 13.3. The maximum Gasteiger partial charge on any atom is 0.0329 e. The van der Waals surface area contributed by atoms with Crippen LogP contribution >= 0.6 is 11.8 Å². The van der Waals surface area contributed by atoms with E-state index in [1.54, 1.807) is 0 Å². The second-order valence-electron chi connectivity index (χ2n) is 3.73. The van der Waals surface area contributed by atoms with Gasteiger partial charge < -0.3 is 0 Å². The molecule has 0 aromatic heterocycles. The Bertz CT molecular complexity index is 113. The lowest BCUT2D eigenvalue weighted by molar-refractivity contribution is 0.364. The van der Waals surface area contributed by atoms with Gasteiger partial charge in [0.05, 0.1) is 0 Å². The topological polar surface area (TPSA) is 38.0 Å². The first-order chi connectivity index (χ1) is 6.15. The molecule has 1 unspecified atom stereocenters. The van der Waals surface area contributed by atoms with E-state index in [4.69, 9.17) is 5.84 Å². The number of rotatable bonds is 7. The van der Waals surface area contributed by atoms with Crippen LogP contribution in [0.25, 0.3) is 0 Å². The van der Waals surface area contributed by atoms with Crippen molar-refractivity contribution in [3.05, 3.63) is 0 Å². The predicted molar refractivity (Wildman–Crippen MR) is 62.8 cm³/mol. The van der Waals surface area contributed by atoms with Crippen LogP contribution in [-0.4, -0.2) is 17.0 Å². The molecule has 3 N–H and O–H groups in total. The minimum absolute atomic E-state index is 0.474. The number of nitrogens with one attached hydrogen (secondary N) is 1. The van der Waals surface area contributed by atoms with Crippen LogP contribution in [0.2, 0.25) is 0 Å². The quantitative estimate of drug-likeness (QED) is 0.494. The van der Waals surface area contributed by atoms with Gasteiger partial charge in [0.1, 0.15) is 0 Å². The summed E-state index contributed by atoms with van der Waals surface area (Å²) in [6, 6.07) is 0.474. The predicted octanol–water partition coefficient (Wildman–Crippen LogP) is 2.40. The average molecular weight is 204 g/mol. The van der Waals surface area contributed by atoms with Crippen LogP contribution in [0.5, 0.6) is 0 Å². The molecule has 0 saturated carbocycles. The Labute approximate surface area is 87.0 Å². The fourth-order valence-electron chi connectivity index (χ4n) is 1.47. The molecule has 0 saturated heterocycles. The first-order valence-corrected chi connectivity index (χ1v) is 6.28. The Morgan fingerprint density at radius 3 is 2.08 bits per heavy atom. The van der Waals surface area contributed by atoms with Crippen molar-refractivity contribution in [3.63, 3.8) is 0 Å². The van der Waals surface area contributed by atoms with Gasteiger partial charge in [0.15, 0.2) is 0 Å². The van der Waals surface area contributed by atoms with E-state index in [1.807, 2.05) is 11.8 Å². The molecule has 80 valence electrons. The molecule has 0 radical (unpaired) electrons. The Morgan fingerprint density at radius 2 is 1.77 bits per heavy atom. The third kappa shape index (κ3) is 5.55. The number of hydrazine groups is 1. The molecule has 3 heteroatoms. The molecule has 0 bridgehead atoms. The molecule has 2 nitrogen and oxygen atoms in total. The van der Waals surface area contributed by atoms with Gasteiger partial charge in [0, 0.05) is 11.8 Å². The molecule has 0 aromatic carbocycles. The van der Waals surface area contributed by atoms with Gasteiger partial charge in [-0.05, 0) is 11.2 Å². The van der Waals surface area contributed by atoms with Crippen molar-refractivity contribution in [2.75, 3.05) is 5.75 Å². The molecule has 13 heavy (non-hydrogen) atoms. The van der Waals surface area contributed by atoms with Crippen LogP contribution in [0.4, 0.5) is 0 Å². The van der Waals surface area contributed by atoms with Crippen molar-refractivity contribution in [2.24, 2.45) is 11.8 Å². The lowest BCUT2D eigenvalue weighted by Gasteiger charge is -2.24. The molecule has 0 aliphatic carbocycles. The summed E-state index contributed by atoms with van der Waals surface area (Å²) in [5.41, 5.74) is 2.94. The molecule has 0 amide bonds. The lowest BCUT2D eigenvalue weighted by atomic mass is 9.96. The Kier molecular flexibility index (Phi) is 7.81. The highest BCUT2D eigenvalue weighted by Crippen LogP contribution is 2.19. The molecule has 0 aliphatic rings. The van der Waals surface area contributed by atoms with Crippen molar-refractivity contribution in [2.45, 2.75) is 51.8 Å². The van der Waals surface area contributed by atoms with Gasteiger partial charge in [-0.25, -0.2) is 0 Å². The summed E-state index contributed by atoms with van der Waals surface area (Å²) in [6.07, 6.45) is 2.42. The zero-order valence-corrected chi connectivity index (χ0v) is 10.2. The highest BCUT2D eigenvalue weighted by molar-refractivity contribution is 7.99. The molecule has 0 rings (SSSR count). The van der Waals surface area contributed by atoms with E-state index in [9.17, 15) is 0 Å². The van der Waals surface area contributed by atoms with Gasteiger partial charge in [-0.1, -0.05) is 40.5 Å². The fraction of sp³-hybridized carbons (Fsp3) is 1.00. The van der Waals surface area contributed by atoms with Crippen molar-refractivity contribution in [1.29, 1.82) is 0 Å². The summed E-state index contributed by atoms with van der Waals surface area (Å²) in [5, 5.41) is 0.699. The number of hydrogen-bond acceptors (Lipinski definition) is 3. The van der Waals surface area contributed by atoms with Crippen LogP contribution in [0.3, 0.4) is 0 Å². The highest BCUT2D eigenvalue weighted by Gasteiger charge is 2.17. The van der Waals surface area contributed by atoms with E-state index in [0.717, 1.165) is 11.7 Å². The minimum Gasteiger partial charge on any atom is -0.271 e. The van der Waals surface area contributed by atoms with Crippen LogP contribution in [0.15, 0.2) is 0 Å². The molecule has 0 aliphatic heterocycles. The zero-order chi connectivity index (χ0) is 10.3. The van der Waals surface area contributed by atoms with E-state index in [2.05, 4.69) is 33.1 Å². The molecule has 0 heterocycles. The smallest absolute Gasteiger partial charge is 0.0329 e. The molecule has 0 spiro atoms. The maximum atomic E-state index is 5.55. The van der Waals surface area contributed by atoms with Crippen molar-refractivity contribution < 1.29 is 0 Å². The number of hydrogen-bond donors (Lipinski definition) is 2. The van der Waals surface area contributed by atoms with Crippen LogP contribution < -0.4 is 11.3 Å². The molecule has 0 aromatic rings. The van der Waals surface area contributed by atoms with Gasteiger partial charge >= 0.3 is 0 Å². The van der Waals surface area contributed by atoms with Gasteiger partial charge in [0.2, 0.25) is 0 Å². The highest BCUT2D eigenvalue weighted by atomic mass is 32.2. The zero-order valence-electron chi connectivity index (χ0n) is 9.34. The Balaban J connectivity index is 3.85. The van der Waals surface area contributed by atoms with Crippen molar-refractivity contribution >= 4 is 11.8 Å². The largest absolute Gasteiger partial charge is 0.271 e. The van der Waals surface area contributed by atoms with E-state index in [-0.39, 0.29) is 0 Å². The van der Waals surface area contributed by atoms with E-state index < -0.39 is 0 Å². The standard InChI is InChI=1S/C10H24N2S/c1-5-9(6-2)10(12-11)7-13-8(3)4/h8-10,12H,5-7,11H2,1-4H3. The summed E-state index contributed by atoms with van der Waals surface area (Å²) >= 11 is 1.98. The molecule has 1 atom stereocenters. The molecular weight excluding hydrogens is 180 g/mol. The normalized spacial score (nSPS) is 14.1. The second-order valence-corrected chi connectivity index (χ2v) is 5.34. The van der Waals surface area contributed by atoms with Gasteiger partial charge in [-0.2, -0.15) is 11.8 Å². The fourth-order valence-corrected chi connectivity index (χ4v) is 2.43. The summed E-state index contributed by atoms with van der Waals surface area (Å²) in [4.78, 5) is 0. The van der Waals surface area contributed by atoms with Crippen molar-refractivity contribution in [1.82, 2.24) is 5.43 Å². The monoisotopic (exact) mass is 204 g/mol. The van der Waals surface area contributed by atoms with Gasteiger partial charge in [-0.3, -0.25) is 11.3 Å². The summed E-state index contributed by atoms with van der Waals surface area (Å²) in [6.45, 7) is 8.92. The summed E-state index contributed by atoms with van der Waals surface area (Å²) in [7, 11) is 0. The van der Waals surface area contributed by atoms with Crippen LogP contribution in [-0.2, 0) is 0 Å². The molecule has 0 fully saturated rings. The van der Waals surface area contributed by atoms with Gasteiger partial charge in [-0.15, -0.1) is 0 Å². The Morgan fingerprint density at radius 1 is 1.23 bits per heavy atom. The van der Waals surface area contributed by atoms with Gasteiger partial charge in [0.25, 0.3) is 0 Å². The SMILES string of the molecule is CCC(CC)C(CSC(C)C)NN. The van der Waals surface area contributed by atoms with E-state index in [1.165, 1.54) is 12.8 Å². The first-order valence-electron chi connectivity index (χ1n) is 5.23. The average Bonchev–Trinajstić information content (AvgIpc) is 2.11. The Hall–Kier alpha value is 0.270. The third-order valence-electron chi connectivity index (χ3n) is 2.44. The lowest BCUT2D eigenvalue weighted by Crippen LogP contribution is -2.42. The number of thioether (sulfide) groups is 1. The third-order valence-corrected chi connectivity index (χ3v) is 3.66. The maximum absolute atomic E-state index is 5.55. The van der Waals surface area contributed by atoms with Crippen LogP contribution in [0.1, 0.15) is 40.5 Å². The van der Waals surface area contributed by atoms with Crippen LogP contribution in [0, 0.1) is 5.92 Å². The summed E-state index contributed by atoms with van der Waals surface area (Å²) in [5.74, 6) is 7.39. The molecular formula is C10H24N2S. The second kappa shape index (κ2) is 7.65. The van der Waals surface area contributed by atoms with Crippen molar-refractivity contribution in [3.8, 4) is 0 Å². The summed E-state index contributed by atoms with van der Waals surface area (Å²) < 4.78 is 0.